The van der Waals surface area contributed by atoms with Crippen molar-refractivity contribution in [2.75, 3.05) is 6.61 Å². The first-order valence-corrected chi connectivity index (χ1v) is 9.20. The fourth-order valence-corrected chi connectivity index (χ4v) is 2.85. The number of hydrogen-bond donors (Lipinski definition) is 1. The Morgan fingerprint density at radius 3 is 2.61 bits per heavy atom. The molecule has 0 aliphatic heterocycles. The quantitative estimate of drug-likeness (QED) is 0.506. The van der Waals surface area contributed by atoms with Crippen molar-refractivity contribution in [1.82, 2.24) is 15.2 Å². The molecule has 0 spiro atoms. The molecule has 1 aromatic heterocycles. The zero-order valence-corrected chi connectivity index (χ0v) is 15.9. The molecule has 0 atom stereocenters. The fourth-order valence-electron chi connectivity index (χ4n) is 2.85. The third kappa shape index (κ3) is 4.09. The first-order chi connectivity index (χ1) is 13.7. The minimum atomic E-state index is -0.480. The van der Waals surface area contributed by atoms with Crippen LogP contribution in [0.1, 0.15) is 36.3 Å². The summed E-state index contributed by atoms with van der Waals surface area (Å²) in [6, 6.07) is 14.4. The molecule has 1 heterocycles. The molecule has 3 rings (SSSR count). The molecule has 0 fully saturated rings. The third-order valence-electron chi connectivity index (χ3n) is 4.11. The van der Waals surface area contributed by atoms with Crippen molar-refractivity contribution in [2.24, 2.45) is 5.10 Å². The average molecular weight is 378 g/mol. The van der Waals surface area contributed by atoms with Crippen molar-refractivity contribution in [2.45, 2.75) is 26.8 Å². The first-order valence-electron chi connectivity index (χ1n) is 9.20. The molecule has 1 N–H and O–H groups in total. The number of carbonyl (C=O) groups is 1. The number of fused-ring (bicyclic) bond motifs is 1. The molecule has 0 saturated heterocycles. The standard InChI is InChI=1S/C21H22N4O3/c1-3-13-25-21(27)17-11-7-6-10-16(17)19(24-25)20(26)23-22-14-15-9-5-8-12-18(15)28-4-2/h5-12,14H,3-4,13H2,1-2H3,(H,23,26)/b22-14-. The first kappa shape index (κ1) is 19.3. The van der Waals surface area contributed by atoms with Gasteiger partial charge in [-0.25, -0.2) is 10.1 Å². The van der Waals surface area contributed by atoms with E-state index >= 15 is 0 Å². The van der Waals surface area contributed by atoms with Gasteiger partial charge < -0.3 is 4.74 Å². The van der Waals surface area contributed by atoms with E-state index in [9.17, 15) is 9.59 Å². The van der Waals surface area contributed by atoms with Gasteiger partial charge in [0.1, 0.15) is 5.75 Å². The number of hydrogen-bond acceptors (Lipinski definition) is 5. The predicted octanol–water partition coefficient (Wildman–Crippen LogP) is 2.97. The summed E-state index contributed by atoms with van der Waals surface area (Å²) in [6.07, 6.45) is 2.26. The maximum Gasteiger partial charge on any atom is 0.292 e. The van der Waals surface area contributed by atoms with E-state index in [4.69, 9.17) is 4.74 Å². The van der Waals surface area contributed by atoms with Gasteiger partial charge >= 0.3 is 0 Å². The summed E-state index contributed by atoms with van der Waals surface area (Å²) in [5.41, 5.74) is 3.20. The molecule has 0 unspecified atom stereocenters. The number of nitrogens with one attached hydrogen (secondary N) is 1. The molecule has 7 heteroatoms. The van der Waals surface area contributed by atoms with Crippen LogP contribution in [0.3, 0.4) is 0 Å². The van der Waals surface area contributed by atoms with Crippen molar-refractivity contribution in [3.8, 4) is 5.75 Å². The Bertz CT molecular complexity index is 1070. The Labute approximate surface area is 162 Å². The van der Waals surface area contributed by atoms with Crippen LogP contribution in [0.15, 0.2) is 58.4 Å². The van der Waals surface area contributed by atoms with Crippen LogP contribution in [0, 0.1) is 0 Å². The average Bonchev–Trinajstić information content (AvgIpc) is 2.71. The molecule has 0 saturated carbocycles. The lowest BCUT2D eigenvalue weighted by atomic mass is 10.1. The zero-order chi connectivity index (χ0) is 19.9. The van der Waals surface area contributed by atoms with Gasteiger partial charge in [-0.1, -0.05) is 37.3 Å². The number of ether oxygens (including phenoxy) is 1. The lowest BCUT2D eigenvalue weighted by Gasteiger charge is -2.09. The summed E-state index contributed by atoms with van der Waals surface area (Å²) in [5.74, 6) is 0.203. The summed E-state index contributed by atoms with van der Waals surface area (Å²) in [4.78, 5) is 25.2. The Morgan fingerprint density at radius 1 is 1.14 bits per heavy atom. The fraction of sp³-hybridized carbons (Fsp3) is 0.238. The molecule has 144 valence electrons. The Balaban J connectivity index is 1.90. The van der Waals surface area contributed by atoms with Crippen molar-refractivity contribution < 1.29 is 9.53 Å². The number of aromatic nitrogens is 2. The number of nitrogens with zero attached hydrogens (tertiary/aromatic N) is 3. The second kappa shape index (κ2) is 8.94. The smallest absolute Gasteiger partial charge is 0.292 e. The Kier molecular flexibility index (Phi) is 6.16. The summed E-state index contributed by atoms with van der Waals surface area (Å²) in [6.45, 7) is 4.82. The highest BCUT2D eigenvalue weighted by molar-refractivity contribution is 6.05. The van der Waals surface area contributed by atoms with E-state index in [1.54, 1.807) is 24.3 Å². The van der Waals surface area contributed by atoms with Crippen LogP contribution in [0.4, 0.5) is 0 Å². The van der Waals surface area contributed by atoms with Crippen LogP contribution < -0.4 is 15.7 Å². The molecule has 0 aliphatic rings. The van der Waals surface area contributed by atoms with Crippen LogP contribution >= 0.6 is 0 Å². The van der Waals surface area contributed by atoms with E-state index in [0.29, 0.717) is 29.7 Å². The van der Waals surface area contributed by atoms with Crippen molar-refractivity contribution in [1.29, 1.82) is 0 Å². The van der Waals surface area contributed by atoms with Crippen LogP contribution in [-0.4, -0.2) is 28.5 Å². The van der Waals surface area contributed by atoms with Gasteiger partial charge in [0.2, 0.25) is 0 Å². The normalized spacial score (nSPS) is 11.1. The number of rotatable bonds is 7. The zero-order valence-electron chi connectivity index (χ0n) is 15.9. The molecule has 2 aromatic carbocycles. The number of aryl methyl sites for hydroxylation is 1. The molecule has 7 nitrogen and oxygen atoms in total. The SMILES string of the molecule is CCCn1nc(C(=O)N/N=C\c2ccccc2OCC)c2ccccc2c1=O. The maximum atomic E-state index is 12.7. The minimum absolute atomic E-state index is 0.166. The van der Waals surface area contributed by atoms with Crippen molar-refractivity contribution in [3.63, 3.8) is 0 Å². The van der Waals surface area contributed by atoms with E-state index in [-0.39, 0.29) is 11.3 Å². The van der Waals surface area contributed by atoms with Gasteiger partial charge in [0.15, 0.2) is 5.69 Å². The van der Waals surface area contributed by atoms with E-state index in [0.717, 1.165) is 12.0 Å². The summed E-state index contributed by atoms with van der Waals surface area (Å²) < 4.78 is 6.86. The number of carbonyl (C=O) groups excluding carboxylic acids is 1. The Hall–Kier alpha value is -3.48. The third-order valence-corrected chi connectivity index (χ3v) is 4.11. The number of amides is 1. The predicted molar refractivity (Wildman–Crippen MR) is 109 cm³/mol. The maximum absolute atomic E-state index is 12.7. The highest BCUT2D eigenvalue weighted by Gasteiger charge is 2.16. The number of hydrazone groups is 1. The topological polar surface area (TPSA) is 85.6 Å². The molecule has 3 aromatic rings. The van der Waals surface area contributed by atoms with Crippen LogP contribution in [0.5, 0.6) is 5.75 Å². The number of benzene rings is 2. The lowest BCUT2D eigenvalue weighted by Crippen LogP contribution is -2.29. The van der Waals surface area contributed by atoms with Crippen molar-refractivity contribution >= 4 is 22.9 Å². The molecule has 1 amide bonds. The number of para-hydroxylation sites is 1. The lowest BCUT2D eigenvalue weighted by molar-refractivity contribution is 0.0949. The Morgan fingerprint density at radius 2 is 1.86 bits per heavy atom. The molecule has 0 radical (unpaired) electrons. The molecule has 0 aliphatic carbocycles. The molecule has 28 heavy (non-hydrogen) atoms. The van der Waals surface area contributed by atoms with Gasteiger partial charge in [-0.05, 0) is 31.5 Å². The van der Waals surface area contributed by atoms with E-state index in [1.807, 2.05) is 38.1 Å². The van der Waals surface area contributed by atoms with Gasteiger partial charge in [-0.3, -0.25) is 9.59 Å². The van der Waals surface area contributed by atoms with Gasteiger partial charge in [0.05, 0.1) is 18.2 Å². The summed E-state index contributed by atoms with van der Waals surface area (Å²) in [5, 5.41) is 9.25. The molecular formula is C21H22N4O3. The van der Waals surface area contributed by atoms with E-state index < -0.39 is 5.91 Å². The molecular weight excluding hydrogens is 356 g/mol. The highest BCUT2D eigenvalue weighted by atomic mass is 16.5. The summed E-state index contributed by atoms with van der Waals surface area (Å²) in [7, 11) is 0. The van der Waals surface area contributed by atoms with Crippen molar-refractivity contribution in [3.05, 3.63) is 70.1 Å². The monoisotopic (exact) mass is 378 g/mol. The van der Waals surface area contributed by atoms with Crippen LogP contribution in [0.25, 0.3) is 10.8 Å². The van der Waals surface area contributed by atoms with Gasteiger partial charge in [0, 0.05) is 17.5 Å². The summed E-state index contributed by atoms with van der Waals surface area (Å²) >= 11 is 0. The van der Waals surface area contributed by atoms with Crippen LogP contribution in [-0.2, 0) is 6.54 Å². The van der Waals surface area contributed by atoms with Gasteiger partial charge in [-0.15, -0.1) is 0 Å². The van der Waals surface area contributed by atoms with Crippen LogP contribution in [0.2, 0.25) is 0 Å². The minimum Gasteiger partial charge on any atom is -0.493 e. The van der Waals surface area contributed by atoms with E-state index in [2.05, 4.69) is 15.6 Å². The van der Waals surface area contributed by atoms with Gasteiger partial charge in [0.25, 0.3) is 11.5 Å². The molecule has 0 bridgehead atoms. The van der Waals surface area contributed by atoms with E-state index in [1.165, 1.54) is 10.9 Å². The highest BCUT2D eigenvalue weighted by Crippen LogP contribution is 2.16. The second-order valence-electron chi connectivity index (χ2n) is 6.09. The largest absolute Gasteiger partial charge is 0.493 e. The second-order valence-corrected chi connectivity index (χ2v) is 6.09. The van der Waals surface area contributed by atoms with Gasteiger partial charge in [-0.2, -0.15) is 10.2 Å².